The topological polar surface area (TPSA) is 58.6 Å². The van der Waals surface area contributed by atoms with E-state index in [1.54, 1.807) is 36.3 Å². The SMILES string of the molecule is COc1cccc(N(Cc2ccccc2)C(=O)c2ccc(NC(=O)c3ccccc3-c3ccccc3)cc2)c1. The van der Waals surface area contributed by atoms with Gasteiger partial charge in [0, 0.05) is 28.6 Å². The average molecular weight is 513 g/mol. The Bertz CT molecular complexity index is 1570. The highest BCUT2D eigenvalue weighted by Crippen LogP contribution is 2.27. The van der Waals surface area contributed by atoms with Gasteiger partial charge in [-0.15, -0.1) is 0 Å². The predicted octanol–water partition coefficient (Wildman–Crippen LogP) is 7.46. The Kier molecular flexibility index (Phi) is 7.79. The summed E-state index contributed by atoms with van der Waals surface area (Å²) < 4.78 is 5.39. The maximum atomic E-state index is 13.7. The number of ether oxygens (including phenoxy) is 1. The van der Waals surface area contributed by atoms with Gasteiger partial charge >= 0.3 is 0 Å². The fourth-order valence-electron chi connectivity index (χ4n) is 4.43. The number of hydrogen-bond acceptors (Lipinski definition) is 3. The first kappa shape index (κ1) is 25.5. The molecule has 0 aromatic heterocycles. The van der Waals surface area contributed by atoms with Crippen LogP contribution in [-0.2, 0) is 6.54 Å². The molecule has 5 aromatic rings. The molecular formula is C34H28N2O3. The van der Waals surface area contributed by atoms with Crippen LogP contribution in [0.4, 0.5) is 11.4 Å². The zero-order chi connectivity index (χ0) is 27.0. The van der Waals surface area contributed by atoms with Crippen molar-refractivity contribution in [3.05, 3.63) is 150 Å². The van der Waals surface area contributed by atoms with E-state index in [4.69, 9.17) is 4.74 Å². The van der Waals surface area contributed by atoms with Gasteiger partial charge in [-0.25, -0.2) is 0 Å². The van der Waals surface area contributed by atoms with Crippen LogP contribution in [0.25, 0.3) is 11.1 Å². The lowest BCUT2D eigenvalue weighted by molar-refractivity contribution is 0.0984. The van der Waals surface area contributed by atoms with Gasteiger partial charge in [-0.05, 0) is 59.2 Å². The van der Waals surface area contributed by atoms with Crippen molar-refractivity contribution in [1.29, 1.82) is 0 Å². The molecule has 0 saturated heterocycles. The minimum atomic E-state index is -0.212. The predicted molar refractivity (Wildman–Crippen MR) is 156 cm³/mol. The number of anilines is 2. The number of methoxy groups -OCH3 is 1. The minimum Gasteiger partial charge on any atom is -0.497 e. The van der Waals surface area contributed by atoms with Crippen molar-refractivity contribution < 1.29 is 14.3 Å². The van der Waals surface area contributed by atoms with E-state index in [2.05, 4.69) is 5.32 Å². The molecule has 192 valence electrons. The van der Waals surface area contributed by atoms with Gasteiger partial charge in [-0.1, -0.05) is 84.9 Å². The number of carbonyl (C=O) groups is 2. The molecule has 5 nitrogen and oxygen atoms in total. The van der Waals surface area contributed by atoms with E-state index in [9.17, 15) is 9.59 Å². The molecule has 5 aromatic carbocycles. The molecule has 0 aliphatic rings. The average Bonchev–Trinajstić information content (AvgIpc) is 3.01. The molecule has 5 rings (SSSR count). The lowest BCUT2D eigenvalue weighted by Crippen LogP contribution is -2.30. The largest absolute Gasteiger partial charge is 0.497 e. The first-order valence-corrected chi connectivity index (χ1v) is 12.7. The van der Waals surface area contributed by atoms with Crippen LogP contribution in [0.1, 0.15) is 26.3 Å². The van der Waals surface area contributed by atoms with Crippen LogP contribution >= 0.6 is 0 Å². The third kappa shape index (κ3) is 6.05. The highest BCUT2D eigenvalue weighted by Gasteiger charge is 2.19. The van der Waals surface area contributed by atoms with Crippen LogP contribution in [0.3, 0.4) is 0 Å². The van der Waals surface area contributed by atoms with E-state index in [0.717, 1.165) is 22.4 Å². The van der Waals surface area contributed by atoms with E-state index in [1.807, 2.05) is 109 Å². The van der Waals surface area contributed by atoms with Crippen molar-refractivity contribution in [3.63, 3.8) is 0 Å². The molecule has 1 N–H and O–H groups in total. The number of nitrogens with zero attached hydrogens (tertiary/aromatic N) is 1. The maximum absolute atomic E-state index is 13.7. The first-order valence-electron chi connectivity index (χ1n) is 12.7. The molecule has 0 aliphatic carbocycles. The van der Waals surface area contributed by atoms with Crippen molar-refractivity contribution in [2.24, 2.45) is 0 Å². The normalized spacial score (nSPS) is 10.5. The van der Waals surface area contributed by atoms with Crippen LogP contribution in [-0.4, -0.2) is 18.9 Å². The van der Waals surface area contributed by atoms with Crippen LogP contribution in [0, 0.1) is 0 Å². The molecule has 0 atom stereocenters. The molecular weight excluding hydrogens is 484 g/mol. The molecule has 2 amide bonds. The van der Waals surface area contributed by atoms with E-state index >= 15 is 0 Å². The second kappa shape index (κ2) is 11.9. The van der Waals surface area contributed by atoms with Crippen LogP contribution in [0.5, 0.6) is 5.75 Å². The Labute approximate surface area is 228 Å². The molecule has 5 heteroatoms. The highest BCUT2D eigenvalue weighted by molar-refractivity contribution is 6.09. The molecule has 0 saturated carbocycles. The summed E-state index contributed by atoms with van der Waals surface area (Å²) in [4.78, 5) is 28.6. The number of nitrogens with one attached hydrogen (secondary N) is 1. The Morgan fingerprint density at radius 3 is 2.10 bits per heavy atom. The lowest BCUT2D eigenvalue weighted by Gasteiger charge is -2.24. The highest BCUT2D eigenvalue weighted by atomic mass is 16.5. The second-order valence-corrected chi connectivity index (χ2v) is 9.02. The Hall–Kier alpha value is -5.16. The molecule has 0 heterocycles. The van der Waals surface area contributed by atoms with Gasteiger partial charge in [0.2, 0.25) is 0 Å². The van der Waals surface area contributed by atoms with Crippen LogP contribution in [0.15, 0.2) is 133 Å². The third-order valence-electron chi connectivity index (χ3n) is 6.44. The standard InChI is InChI=1S/C34H28N2O3/c1-39-30-16-10-15-29(23-30)36(24-25-11-4-2-5-12-25)34(38)27-19-21-28(22-20-27)35-33(37)32-18-9-8-17-31(32)26-13-6-3-7-14-26/h2-23H,24H2,1H3,(H,35,37). The number of amides is 2. The van der Waals surface area contributed by atoms with Gasteiger partial charge < -0.3 is 15.0 Å². The van der Waals surface area contributed by atoms with Gasteiger partial charge in [-0.2, -0.15) is 0 Å². The van der Waals surface area contributed by atoms with Crippen molar-refractivity contribution >= 4 is 23.2 Å². The van der Waals surface area contributed by atoms with Crippen molar-refractivity contribution in [3.8, 4) is 16.9 Å². The maximum Gasteiger partial charge on any atom is 0.258 e. The Morgan fingerprint density at radius 2 is 1.38 bits per heavy atom. The van der Waals surface area contributed by atoms with Crippen LogP contribution in [0.2, 0.25) is 0 Å². The fraction of sp³-hybridized carbons (Fsp3) is 0.0588. The molecule has 39 heavy (non-hydrogen) atoms. The van der Waals surface area contributed by atoms with Gasteiger partial charge in [0.1, 0.15) is 5.75 Å². The monoisotopic (exact) mass is 512 g/mol. The van der Waals surface area contributed by atoms with Gasteiger partial charge in [0.15, 0.2) is 0 Å². The summed E-state index contributed by atoms with van der Waals surface area (Å²) in [7, 11) is 1.60. The summed E-state index contributed by atoms with van der Waals surface area (Å²) in [6, 6.07) is 41.6. The molecule has 0 radical (unpaired) electrons. The van der Waals surface area contributed by atoms with Crippen molar-refractivity contribution in [1.82, 2.24) is 0 Å². The molecule has 0 unspecified atom stereocenters. The van der Waals surface area contributed by atoms with Gasteiger partial charge in [0.05, 0.1) is 13.7 Å². The molecule has 0 spiro atoms. The van der Waals surface area contributed by atoms with E-state index in [1.165, 1.54) is 0 Å². The fourth-order valence-corrected chi connectivity index (χ4v) is 4.43. The molecule has 0 fully saturated rings. The van der Waals surface area contributed by atoms with E-state index in [-0.39, 0.29) is 11.8 Å². The summed E-state index contributed by atoms with van der Waals surface area (Å²) >= 11 is 0. The second-order valence-electron chi connectivity index (χ2n) is 9.02. The summed E-state index contributed by atoms with van der Waals surface area (Å²) in [6.07, 6.45) is 0. The lowest BCUT2D eigenvalue weighted by atomic mass is 9.99. The van der Waals surface area contributed by atoms with E-state index in [0.29, 0.717) is 29.1 Å². The summed E-state index contributed by atoms with van der Waals surface area (Å²) in [5.74, 6) is 0.308. The number of rotatable bonds is 8. The zero-order valence-electron chi connectivity index (χ0n) is 21.6. The molecule has 0 aliphatic heterocycles. The summed E-state index contributed by atoms with van der Waals surface area (Å²) in [5.41, 5.74) is 5.27. The smallest absolute Gasteiger partial charge is 0.258 e. The number of hydrogen-bond donors (Lipinski definition) is 1. The zero-order valence-corrected chi connectivity index (χ0v) is 21.6. The van der Waals surface area contributed by atoms with Crippen molar-refractivity contribution in [2.45, 2.75) is 6.54 Å². The number of benzene rings is 5. The minimum absolute atomic E-state index is 0.153. The summed E-state index contributed by atoms with van der Waals surface area (Å²) in [6.45, 7) is 0.404. The third-order valence-corrected chi connectivity index (χ3v) is 6.44. The molecule has 0 bridgehead atoms. The van der Waals surface area contributed by atoms with E-state index < -0.39 is 0 Å². The van der Waals surface area contributed by atoms with Crippen molar-refractivity contribution in [2.75, 3.05) is 17.3 Å². The van der Waals surface area contributed by atoms with Crippen LogP contribution < -0.4 is 15.0 Å². The Morgan fingerprint density at radius 1 is 0.718 bits per heavy atom. The summed E-state index contributed by atoms with van der Waals surface area (Å²) in [5, 5.41) is 2.97. The quantitative estimate of drug-likeness (QED) is 0.235. The Balaban J connectivity index is 1.37. The van der Waals surface area contributed by atoms with Gasteiger partial charge in [-0.3, -0.25) is 9.59 Å². The number of carbonyl (C=O) groups excluding carboxylic acids is 2. The van der Waals surface area contributed by atoms with Gasteiger partial charge in [0.25, 0.3) is 11.8 Å². The first-order chi connectivity index (χ1) is 19.1.